The van der Waals surface area contributed by atoms with Gasteiger partial charge in [-0.3, -0.25) is 4.79 Å². The highest BCUT2D eigenvalue weighted by Gasteiger charge is 2.28. The number of aromatic nitrogens is 1. The molecule has 1 aliphatic heterocycles. The van der Waals surface area contributed by atoms with Crippen LogP contribution < -0.4 is 17.0 Å². The van der Waals surface area contributed by atoms with Crippen molar-refractivity contribution in [3.63, 3.8) is 0 Å². The number of likely N-dealkylation sites (tertiary alicyclic amines) is 1. The molecule has 0 N–H and O–H groups in total. The van der Waals surface area contributed by atoms with Crippen molar-refractivity contribution in [3.8, 4) is 0 Å². The van der Waals surface area contributed by atoms with Gasteiger partial charge in [-0.05, 0) is 39.0 Å². The van der Waals surface area contributed by atoms with Gasteiger partial charge in [-0.1, -0.05) is 31.6 Å². The van der Waals surface area contributed by atoms with Crippen LogP contribution in [0.15, 0.2) is 5.51 Å². The van der Waals surface area contributed by atoms with Crippen LogP contribution in [-0.4, -0.2) is 23.4 Å². The minimum atomic E-state index is 0. The van der Waals surface area contributed by atoms with Gasteiger partial charge in [0.1, 0.15) is 0 Å². The van der Waals surface area contributed by atoms with Crippen LogP contribution in [0.2, 0.25) is 0 Å². The van der Waals surface area contributed by atoms with Gasteiger partial charge >= 0.3 is 0 Å². The Labute approximate surface area is 145 Å². The lowest BCUT2D eigenvalue weighted by atomic mass is 10.0. The number of carbonyl (C=O) groups excluding carboxylic acids is 1. The van der Waals surface area contributed by atoms with Crippen LogP contribution in [-0.2, 0) is 24.2 Å². The summed E-state index contributed by atoms with van der Waals surface area (Å²) in [5, 5.41) is 0. The van der Waals surface area contributed by atoms with E-state index in [2.05, 4.69) is 35.7 Å². The van der Waals surface area contributed by atoms with Gasteiger partial charge in [0.2, 0.25) is 12.1 Å². The molecule has 1 aromatic rings. The SMILES string of the molecule is CCCc1sc[n+](CC(=O)N2CCCCC2C)c1CCC.[Cl-]. The van der Waals surface area contributed by atoms with Crippen LogP contribution >= 0.6 is 11.3 Å². The standard InChI is InChI=1S/C17H29N2OS.ClH/c1-4-8-15-16(9-5-2)21-13-18(15)12-17(20)19-11-7-6-10-14(19)3;/h13-14H,4-12H2,1-3H3;1H/q+1;/p-1. The van der Waals surface area contributed by atoms with E-state index in [1.807, 2.05) is 11.3 Å². The topological polar surface area (TPSA) is 24.2 Å². The molecule has 2 heterocycles. The summed E-state index contributed by atoms with van der Waals surface area (Å²) in [6, 6.07) is 0.412. The molecule has 0 bridgehead atoms. The number of carbonyl (C=O) groups is 1. The minimum absolute atomic E-state index is 0. The second-order valence-corrected chi connectivity index (χ2v) is 7.09. The van der Waals surface area contributed by atoms with Crippen molar-refractivity contribution in [2.45, 2.75) is 78.3 Å². The molecule has 0 radical (unpaired) electrons. The molecule has 1 fully saturated rings. The minimum Gasteiger partial charge on any atom is -1.00 e. The van der Waals surface area contributed by atoms with Gasteiger partial charge in [0.15, 0.2) is 5.69 Å². The molecule has 1 atom stereocenters. The Kier molecular flexibility index (Phi) is 8.40. The summed E-state index contributed by atoms with van der Waals surface area (Å²) < 4.78 is 2.21. The highest BCUT2D eigenvalue weighted by Crippen LogP contribution is 2.18. The highest BCUT2D eigenvalue weighted by atomic mass is 35.5. The second kappa shape index (κ2) is 9.51. The quantitative estimate of drug-likeness (QED) is 0.683. The molecule has 5 heteroatoms. The molecule has 1 aromatic heterocycles. The van der Waals surface area contributed by atoms with Gasteiger partial charge in [0.25, 0.3) is 5.91 Å². The number of piperidine rings is 1. The molecule has 1 amide bonds. The predicted molar refractivity (Wildman–Crippen MR) is 87.5 cm³/mol. The summed E-state index contributed by atoms with van der Waals surface area (Å²) in [7, 11) is 0. The first-order valence-electron chi connectivity index (χ1n) is 8.45. The van der Waals surface area contributed by atoms with Crippen molar-refractivity contribution >= 4 is 17.2 Å². The Morgan fingerprint density at radius 2 is 2.05 bits per heavy atom. The molecule has 0 aromatic carbocycles. The monoisotopic (exact) mass is 344 g/mol. The van der Waals surface area contributed by atoms with Gasteiger partial charge in [-0.15, -0.1) is 0 Å². The summed E-state index contributed by atoms with van der Waals surface area (Å²) in [5.41, 5.74) is 3.55. The third kappa shape index (κ3) is 4.69. The van der Waals surface area contributed by atoms with Gasteiger partial charge in [0.05, 0.1) is 4.88 Å². The fraction of sp³-hybridized carbons (Fsp3) is 0.765. The Hall–Kier alpha value is -0.610. The Morgan fingerprint density at radius 3 is 2.68 bits per heavy atom. The first-order chi connectivity index (χ1) is 10.2. The van der Waals surface area contributed by atoms with E-state index in [4.69, 9.17) is 0 Å². The maximum absolute atomic E-state index is 12.6. The van der Waals surface area contributed by atoms with Crippen LogP contribution in [0.25, 0.3) is 0 Å². The maximum Gasteiger partial charge on any atom is 0.288 e. The van der Waals surface area contributed by atoms with Crippen LogP contribution in [0.1, 0.15) is 63.4 Å². The van der Waals surface area contributed by atoms with E-state index in [9.17, 15) is 4.79 Å². The number of aryl methyl sites for hydroxylation is 1. The second-order valence-electron chi connectivity index (χ2n) is 6.15. The van der Waals surface area contributed by atoms with Crippen LogP contribution in [0.3, 0.4) is 0 Å². The number of halogens is 1. The van der Waals surface area contributed by atoms with Crippen molar-refractivity contribution in [2.24, 2.45) is 0 Å². The lowest BCUT2D eigenvalue weighted by Gasteiger charge is -2.32. The average Bonchev–Trinajstić information content (AvgIpc) is 2.83. The summed E-state index contributed by atoms with van der Waals surface area (Å²) in [5.74, 6) is 0.297. The number of rotatable bonds is 6. The fourth-order valence-electron chi connectivity index (χ4n) is 3.21. The lowest BCUT2D eigenvalue weighted by Crippen LogP contribution is -3.00. The Morgan fingerprint density at radius 1 is 1.32 bits per heavy atom. The van der Waals surface area contributed by atoms with E-state index in [1.54, 1.807) is 0 Å². The number of thiazole rings is 1. The van der Waals surface area contributed by atoms with E-state index in [0.29, 0.717) is 18.5 Å². The first kappa shape index (κ1) is 19.4. The van der Waals surface area contributed by atoms with E-state index in [0.717, 1.165) is 38.6 Å². The zero-order valence-corrected chi connectivity index (χ0v) is 15.7. The number of hydrogen-bond acceptors (Lipinski definition) is 2. The molecule has 1 unspecified atom stereocenters. The van der Waals surface area contributed by atoms with E-state index < -0.39 is 0 Å². The molecule has 0 saturated carbocycles. The first-order valence-corrected chi connectivity index (χ1v) is 9.33. The molecule has 0 spiro atoms. The van der Waals surface area contributed by atoms with Crippen molar-refractivity contribution in [1.82, 2.24) is 4.90 Å². The molecule has 0 aliphatic carbocycles. The molecule has 22 heavy (non-hydrogen) atoms. The van der Waals surface area contributed by atoms with Gasteiger partial charge < -0.3 is 17.3 Å². The molecular weight excluding hydrogens is 316 g/mol. The molecule has 3 nitrogen and oxygen atoms in total. The zero-order chi connectivity index (χ0) is 15.2. The molecule has 1 aliphatic rings. The van der Waals surface area contributed by atoms with Crippen molar-refractivity contribution in [3.05, 3.63) is 16.1 Å². The summed E-state index contributed by atoms with van der Waals surface area (Å²) in [4.78, 5) is 16.2. The third-order valence-corrected chi connectivity index (χ3v) is 5.47. The fourth-order valence-corrected chi connectivity index (χ4v) is 4.34. The predicted octanol–water partition coefficient (Wildman–Crippen LogP) is 0.346. The zero-order valence-electron chi connectivity index (χ0n) is 14.1. The Balaban J connectivity index is 0.00000242. The summed E-state index contributed by atoms with van der Waals surface area (Å²) >= 11 is 1.82. The summed E-state index contributed by atoms with van der Waals surface area (Å²) in [6.07, 6.45) is 8.12. The van der Waals surface area contributed by atoms with E-state index in [-0.39, 0.29) is 12.4 Å². The number of amides is 1. The van der Waals surface area contributed by atoms with Gasteiger partial charge in [0, 0.05) is 19.0 Å². The molecular formula is C17H29ClN2OS. The van der Waals surface area contributed by atoms with Gasteiger partial charge in [-0.25, -0.2) is 0 Å². The van der Waals surface area contributed by atoms with E-state index >= 15 is 0 Å². The lowest BCUT2D eigenvalue weighted by molar-refractivity contribution is -0.688. The molecule has 126 valence electrons. The van der Waals surface area contributed by atoms with Crippen LogP contribution in [0.5, 0.6) is 0 Å². The van der Waals surface area contributed by atoms with Crippen molar-refractivity contribution in [2.75, 3.05) is 6.54 Å². The average molecular weight is 345 g/mol. The van der Waals surface area contributed by atoms with Gasteiger partial charge in [-0.2, -0.15) is 4.57 Å². The number of hydrogen-bond donors (Lipinski definition) is 0. The summed E-state index contributed by atoms with van der Waals surface area (Å²) in [6.45, 7) is 8.09. The maximum atomic E-state index is 12.6. The normalized spacial score (nSPS) is 18.1. The highest BCUT2D eigenvalue weighted by molar-refractivity contribution is 7.09. The van der Waals surface area contributed by atoms with Crippen LogP contribution in [0.4, 0.5) is 0 Å². The third-order valence-electron chi connectivity index (χ3n) is 4.38. The largest absolute Gasteiger partial charge is 1.00 e. The van der Waals surface area contributed by atoms with Crippen LogP contribution in [0, 0.1) is 0 Å². The Bertz CT molecular complexity index is 475. The van der Waals surface area contributed by atoms with E-state index in [1.165, 1.54) is 23.4 Å². The number of nitrogens with zero attached hydrogens (tertiary/aromatic N) is 2. The molecule has 2 rings (SSSR count). The molecule has 1 saturated heterocycles. The van der Waals surface area contributed by atoms with Crippen molar-refractivity contribution in [1.29, 1.82) is 0 Å². The smallest absolute Gasteiger partial charge is 0.288 e. The van der Waals surface area contributed by atoms with Crippen molar-refractivity contribution < 1.29 is 21.8 Å².